The van der Waals surface area contributed by atoms with Crippen LogP contribution in [0.25, 0.3) is 0 Å². The molecular weight excluding hydrogens is 242 g/mol. The number of nitrogens with two attached hydrogens (primary N) is 1. The fourth-order valence-electron chi connectivity index (χ4n) is 2.34. The number of rotatable bonds is 5. The number of ether oxygens (including phenoxy) is 1. The fraction of sp³-hybridized carbons (Fsp3) is 0.692. The van der Waals surface area contributed by atoms with Crippen molar-refractivity contribution in [3.8, 4) is 0 Å². The highest BCUT2D eigenvalue weighted by atomic mass is 16.5. The number of hydrazine groups is 1. The smallest absolute Gasteiger partial charge is 0.145 e. The highest BCUT2D eigenvalue weighted by Gasteiger charge is 2.17. The summed E-state index contributed by atoms with van der Waals surface area (Å²) in [6, 6.07) is 1.88. The summed E-state index contributed by atoms with van der Waals surface area (Å²) >= 11 is 0. The molecule has 1 fully saturated rings. The molecule has 0 bridgehead atoms. The van der Waals surface area contributed by atoms with Crippen LogP contribution >= 0.6 is 0 Å². The molecule has 0 aromatic carbocycles. The predicted molar refractivity (Wildman–Crippen MR) is 76.0 cm³/mol. The van der Waals surface area contributed by atoms with Crippen molar-refractivity contribution in [2.75, 3.05) is 37.1 Å². The quantitative estimate of drug-likeness (QED) is 0.615. The van der Waals surface area contributed by atoms with Crippen molar-refractivity contribution in [2.45, 2.75) is 26.2 Å². The first-order valence-corrected chi connectivity index (χ1v) is 6.86. The van der Waals surface area contributed by atoms with Crippen LogP contribution in [0.3, 0.4) is 0 Å². The number of aromatic nitrogens is 2. The SMILES string of the molecule is CCc1nc(NN)cc(N(C)CC2CCCOC2)n1. The molecule has 1 aromatic heterocycles. The molecule has 0 saturated carbocycles. The van der Waals surface area contributed by atoms with E-state index in [2.05, 4.69) is 27.3 Å². The van der Waals surface area contributed by atoms with E-state index in [4.69, 9.17) is 10.6 Å². The van der Waals surface area contributed by atoms with Gasteiger partial charge in [0.2, 0.25) is 0 Å². The molecule has 2 rings (SSSR count). The van der Waals surface area contributed by atoms with Gasteiger partial charge in [0.15, 0.2) is 0 Å². The average Bonchev–Trinajstić information content (AvgIpc) is 2.47. The Kier molecular flexibility index (Phi) is 4.93. The van der Waals surface area contributed by atoms with E-state index in [-0.39, 0.29) is 0 Å². The second kappa shape index (κ2) is 6.68. The first-order chi connectivity index (χ1) is 9.22. The van der Waals surface area contributed by atoms with Gasteiger partial charge in [0.05, 0.1) is 6.61 Å². The van der Waals surface area contributed by atoms with E-state index < -0.39 is 0 Å². The average molecular weight is 265 g/mol. The zero-order valence-corrected chi connectivity index (χ0v) is 11.7. The normalized spacial score (nSPS) is 19.2. The van der Waals surface area contributed by atoms with Gasteiger partial charge in [-0.05, 0) is 18.8 Å². The van der Waals surface area contributed by atoms with E-state index in [0.717, 1.165) is 44.2 Å². The predicted octanol–water partition coefficient (Wildman–Crippen LogP) is 1.19. The summed E-state index contributed by atoms with van der Waals surface area (Å²) in [5.41, 5.74) is 2.60. The van der Waals surface area contributed by atoms with E-state index in [9.17, 15) is 0 Å². The monoisotopic (exact) mass is 265 g/mol. The molecule has 6 heteroatoms. The number of hydrogen-bond acceptors (Lipinski definition) is 6. The molecule has 19 heavy (non-hydrogen) atoms. The van der Waals surface area contributed by atoms with Crippen molar-refractivity contribution in [3.63, 3.8) is 0 Å². The van der Waals surface area contributed by atoms with Gasteiger partial charge < -0.3 is 15.1 Å². The van der Waals surface area contributed by atoms with E-state index in [1.54, 1.807) is 0 Å². The van der Waals surface area contributed by atoms with Crippen molar-refractivity contribution in [1.29, 1.82) is 0 Å². The Morgan fingerprint density at radius 1 is 1.53 bits per heavy atom. The molecule has 1 aromatic rings. The lowest BCUT2D eigenvalue weighted by Gasteiger charge is -2.28. The maximum Gasteiger partial charge on any atom is 0.145 e. The van der Waals surface area contributed by atoms with Crippen molar-refractivity contribution >= 4 is 11.6 Å². The molecule has 1 atom stereocenters. The van der Waals surface area contributed by atoms with Crippen LogP contribution in [0.1, 0.15) is 25.6 Å². The van der Waals surface area contributed by atoms with Gasteiger partial charge in [-0.2, -0.15) is 0 Å². The third-order valence-electron chi connectivity index (χ3n) is 3.40. The summed E-state index contributed by atoms with van der Waals surface area (Å²) < 4.78 is 5.52. The second-order valence-corrected chi connectivity index (χ2v) is 4.99. The fourth-order valence-corrected chi connectivity index (χ4v) is 2.34. The van der Waals surface area contributed by atoms with Gasteiger partial charge >= 0.3 is 0 Å². The lowest BCUT2D eigenvalue weighted by atomic mass is 10.0. The van der Waals surface area contributed by atoms with Crippen LogP contribution in [0.4, 0.5) is 11.6 Å². The summed E-state index contributed by atoms with van der Waals surface area (Å²) in [6.07, 6.45) is 3.17. The highest BCUT2D eigenvalue weighted by molar-refractivity contribution is 5.48. The highest BCUT2D eigenvalue weighted by Crippen LogP contribution is 2.19. The number of nitrogens with zero attached hydrogens (tertiary/aromatic N) is 3. The van der Waals surface area contributed by atoms with E-state index in [1.165, 1.54) is 6.42 Å². The minimum absolute atomic E-state index is 0.577. The van der Waals surface area contributed by atoms with Crippen molar-refractivity contribution in [2.24, 2.45) is 11.8 Å². The molecular formula is C13H23N5O. The van der Waals surface area contributed by atoms with Gasteiger partial charge in [-0.15, -0.1) is 0 Å². The van der Waals surface area contributed by atoms with Crippen molar-refractivity contribution < 1.29 is 4.74 Å². The standard InChI is InChI=1S/C13H23N5O/c1-3-11-15-12(17-14)7-13(16-11)18(2)8-10-5-4-6-19-9-10/h7,10H,3-6,8-9,14H2,1-2H3,(H,15,16,17). The van der Waals surface area contributed by atoms with Crippen molar-refractivity contribution in [3.05, 3.63) is 11.9 Å². The Hall–Kier alpha value is -1.40. The zero-order valence-electron chi connectivity index (χ0n) is 11.7. The number of anilines is 2. The molecule has 6 nitrogen and oxygen atoms in total. The molecule has 1 saturated heterocycles. The summed E-state index contributed by atoms with van der Waals surface area (Å²) in [6.45, 7) is 4.73. The van der Waals surface area contributed by atoms with Crippen LogP contribution in [-0.4, -0.2) is 36.8 Å². The topological polar surface area (TPSA) is 76.3 Å². The first kappa shape index (κ1) is 14.0. The zero-order chi connectivity index (χ0) is 13.7. The minimum Gasteiger partial charge on any atom is -0.381 e. The molecule has 2 heterocycles. The van der Waals surface area contributed by atoms with Gasteiger partial charge in [0.25, 0.3) is 0 Å². The number of hydrogen-bond donors (Lipinski definition) is 2. The maximum absolute atomic E-state index is 5.52. The molecule has 1 unspecified atom stereocenters. The van der Waals surface area contributed by atoms with Gasteiger partial charge in [0.1, 0.15) is 17.5 Å². The molecule has 1 aliphatic heterocycles. The van der Waals surface area contributed by atoms with Crippen LogP contribution in [0.5, 0.6) is 0 Å². The van der Waals surface area contributed by atoms with Gasteiger partial charge in [0, 0.05) is 32.7 Å². The van der Waals surface area contributed by atoms with Crippen LogP contribution in [0.2, 0.25) is 0 Å². The maximum atomic E-state index is 5.52. The molecule has 0 radical (unpaired) electrons. The largest absolute Gasteiger partial charge is 0.381 e. The van der Waals surface area contributed by atoms with E-state index >= 15 is 0 Å². The Labute approximate surface area is 114 Å². The summed E-state index contributed by atoms with van der Waals surface area (Å²) in [7, 11) is 2.05. The molecule has 3 N–H and O–H groups in total. The molecule has 0 amide bonds. The Morgan fingerprint density at radius 3 is 3.00 bits per heavy atom. The second-order valence-electron chi connectivity index (χ2n) is 4.99. The Balaban J connectivity index is 2.06. The van der Waals surface area contributed by atoms with Crippen LogP contribution in [0.15, 0.2) is 6.07 Å². The number of aryl methyl sites for hydroxylation is 1. The molecule has 1 aliphatic rings. The Morgan fingerprint density at radius 2 is 2.37 bits per heavy atom. The summed E-state index contributed by atoms with van der Waals surface area (Å²) in [4.78, 5) is 11.0. The van der Waals surface area contributed by atoms with Crippen LogP contribution in [-0.2, 0) is 11.2 Å². The third kappa shape index (κ3) is 3.78. The van der Waals surface area contributed by atoms with Crippen LogP contribution < -0.4 is 16.2 Å². The van der Waals surface area contributed by atoms with Gasteiger partial charge in [-0.3, -0.25) is 0 Å². The minimum atomic E-state index is 0.577. The van der Waals surface area contributed by atoms with Gasteiger partial charge in [-0.1, -0.05) is 6.92 Å². The first-order valence-electron chi connectivity index (χ1n) is 6.86. The molecule has 0 aliphatic carbocycles. The lowest BCUT2D eigenvalue weighted by molar-refractivity contribution is 0.0576. The van der Waals surface area contributed by atoms with Crippen molar-refractivity contribution in [1.82, 2.24) is 9.97 Å². The van der Waals surface area contributed by atoms with E-state index in [1.807, 2.05) is 13.0 Å². The number of nitrogen functional groups attached to an aromatic ring is 1. The van der Waals surface area contributed by atoms with Crippen LogP contribution in [0, 0.1) is 5.92 Å². The lowest BCUT2D eigenvalue weighted by Crippen LogP contribution is -2.31. The summed E-state index contributed by atoms with van der Waals surface area (Å²) in [5, 5.41) is 0. The molecule has 0 spiro atoms. The summed E-state index contributed by atoms with van der Waals surface area (Å²) in [5.74, 6) is 8.40. The van der Waals surface area contributed by atoms with E-state index in [0.29, 0.717) is 11.7 Å². The van der Waals surface area contributed by atoms with Gasteiger partial charge in [-0.25, -0.2) is 15.8 Å². The number of nitrogens with one attached hydrogen (secondary N) is 1. The molecule has 106 valence electrons. The third-order valence-corrected chi connectivity index (χ3v) is 3.40. The Bertz CT molecular complexity index is 384.